The first kappa shape index (κ1) is 14.3. The third-order valence-corrected chi connectivity index (χ3v) is 2.34. The zero-order chi connectivity index (χ0) is 13.8. The molecule has 0 aliphatic rings. The highest BCUT2D eigenvalue weighted by Gasteiger charge is 2.28. The second kappa shape index (κ2) is 5.70. The van der Waals surface area contributed by atoms with Gasteiger partial charge in [0.1, 0.15) is 5.82 Å². The molecule has 0 radical (unpaired) electrons. The van der Waals surface area contributed by atoms with Gasteiger partial charge in [-0.15, -0.1) is 0 Å². The van der Waals surface area contributed by atoms with Gasteiger partial charge >= 0.3 is 6.18 Å². The smallest absolute Gasteiger partial charge is 0.373 e. The number of alkyl halides is 3. The Kier molecular flexibility index (Phi) is 4.52. The average molecular weight is 261 g/mol. The zero-order valence-corrected chi connectivity index (χ0v) is 10.1. The molecule has 0 spiro atoms. The molecule has 7 heteroatoms. The summed E-state index contributed by atoms with van der Waals surface area (Å²) in [5, 5.41) is 2.78. The third-order valence-electron chi connectivity index (χ3n) is 2.34. The first-order valence-electron chi connectivity index (χ1n) is 5.29. The van der Waals surface area contributed by atoms with Crippen LogP contribution < -0.4 is 5.32 Å². The molecule has 4 nitrogen and oxygen atoms in total. The van der Waals surface area contributed by atoms with Crippen molar-refractivity contribution in [2.45, 2.75) is 12.6 Å². The third kappa shape index (κ3) is 4.23. The van der Waals surface area contributed by atoms with E-state index in [0.717, 1.165) is 4.90 Å². The van der Waals surface area contributed by atoms with Crippen LogP contribution in [0.3, 0.4) is 0 Å². The van der Waals surface area contributed by atoms with Crippen LogP contribution in [0.25, 0.3) is 0 Å². The second-order valence-electron chi connectivity index (χ2n) is 3.77. The molecule has 0 bridgehead atoms. The van der Waals surface area contributed by atoms with E-state index in [4.69, 9.17) is 0 Å². The number of nitrogens with one attached hydrogen (secondary N) is 1. The van der Waals surface area contributed by atoms with Gasteiger partial charge < -0.3 is 10.2 Å². The maximum atomic E-state index is 12.0. The molecule has 0 fully saturated rings. The van der Waals surface area contributed by atoms with Crippen molar-refractivity contribution in [3.05, 3.63) is 23.9 Å². The summed E-state index contributed by atoms with van der Waals surface area (Å²) in [6, 6.07) is 3.11. The van der Waals surface area contributed by atoms with Gasteiger partial charge in [0.15, 0.2) is 0 Å². The first-order valence-corrected chi connectivity index (χ1v) is 5.29. The summed E-state index contributed by atoms with van der Waals surface area (Å²) < 4.78 is 36.1. The summed E-state index contributed by atoms with van der Waals surface area (Å²) in [5.74, 6) is 0.110. The molecule has 0 saturated carbocycles. The van der Waals surface area contributed by atoms with Crippen molar-refractivity contribution in [1.82, 2.24) is 9.88 Å². The predicted molar refractivity (Wildman–Crippen MR) is 61.4 cm³/mol. The molecule has 1 rings (SSSR count). The summed E-state index contributed by atoms with van der Waals surface area (Å²) in [6.07, 6.45) is -3.95. The van der Waals surface area contributed by atoms with Crippen LogP contribution in [0.15, 0.2) is 18.3 Å². The molecule has 1 amide bonds. The largest absolute Gasteiger partial charge is 0.390 e. The Balaban J connectivity index is 2.62. The van der Waals surface area contributed by atoms with Gasteiger partial charge in [0.2, 0.25) is 0 Å². The monoisotopic (exact) mass is 261 g/mol. The number of carbonyl (C=O) groups excluding carboxylic acids is 1. The lowest BCUT2D eigenvalue weighted by atomic mass is 10.2. The van der Waals surface area contributed by atoms with Gasteiger partial charge in [0, 0.05) is 26.8 Å². The van der Waals surface area contributed by atoms with Crippen LogP contribution in [-0.4, -0.2) is 42.6 Å². The number of hydrogen-bond donors (Lipinski definition) is 1. The van der Waals surface area contributed by atoms with Crippen LogP contribution >= 0.6 is 0 Å². The van der Waals surface area contributed by atoms with Crippen LogP contribution in [-0.2, 0) is 0 Å². The molecule has 0 aliphatic heterocycles. The van der Waals surface area contributed by atoms with E-state index in [1.165, 1.54) is 19.3 Å². The maximum absolute atomic E-state index is 12.0. The number of rotatable bonds is 4. The van der Waals surface area contributed by atoms with Gasteiger partial charge in [0.25, 0.3) is 5.91 Å². The lowest BCUT2D eigenvalue weighted by molar-refractivity contribution is -0.136. The number of amides is 1. The van der Waals surface area contributed by atoms with Crippen LogP contribution in [0.5, 0.6) is 0 Å². The molecular formula is C11H14F3N3O. The number of hydrogen-bond acceptors (Lipinski definition) is 3. The SMILES string of the molecule is CNc1ccc(C(=O)N(C)CCC(F)(F)F)cn1. The Morgan fingerprint density at radius 3 is 2.56 bits per heavy atom. The van der Waals surface area contributed by atoms with Gasteiger partial charge in [-0.1, -0.05) is 0 Å². The molecule has 1 aromatic rings. The molecule has 1 N–H and O–H groups in total. The lowest BCUT2D eigenvalue weighted by Crippen LogP contribution is -2.30. The van der Waals surface area contributed by atoms with Crippen LogP contribution in [0.2, 0.25) is 0 Å². The lowest BCUT2D eigenvalue weighted by Gasteiger charge is -2.18. The fourth-order valence-electron chi connectivity index (χ4n) is 1.28. The molecule has 0 aromatic carbocycles. The normalized spacial score (nSPS) is 11.2. The van der Waals surface area contributed by atoms with Gasteiger partial charge in [-0.25, -0.2) is 4.98 Å². The zero-order valence-electron chi connectivity index (χ0n) is 10.1. The average Bonchev–Trinajstić information content (AvgIpc) is 2.34. The number of halogens is 3. The molecular weight excluding hydrogens is 247 g/mol. The van der Waals surface area contributed by atoms with E-state index in [9.17, 15) is 18.0 Å². The van der Waals surface area contributed by atoms with E-state index >= 15 is 0 Å². The van der Waals surface area contributed by atoms with Crippen molar-refractivity contribution in [3.63, 3.8) is 0 Å². The highest BCUT2D eigenvalue weighted by Crippen LogP contribution is 2.19. The molecule has 1 aromatic heterocycles. The Morgan fingerprint density at radius 2 is 2.11 bits per heavy atom. The van der Waals surface area contributed by atoms with Gasteiger partial charge in [-0.3, -0.25) is 4.79 Å². The fourth-order valence-corrected chi connectivity index (χ4v) is 1.28. The van der Waals surface area contributed by atoms with Crippen molar-refractivity contribution in [1.29, 1.82) is 0 Å². The molecule has 0 aliphatic carbocycles. The molecule has 0 atom stereocenters. The van der Waals surface area contributed by atoms with Crippen LogP contribution in [0.4, 0.5) is 19.0 Å². The van der Waals surface area contributed by atoms with Crippen molar-refractivity contribution in [3.8, 4) is 0 Å². The molecule has 100 valence electrons. The van der Waals surface area contributed by atoms with Crippen molar-refractivity contribution in [2.75, 3.05) is 26.0 Å². The minimum atomic E-state index is -4.26. The standard InChI is InChI=1S/C11H14F3N3O/c1-15-9-4-3-8(7-16-9)10(18)17(2)6-5-11(12,13)14/h3-4,7H,5-6H2,1-2H3,(H,15,16). The number of pyridine rings is 1. The van der Waals surface area contributed by atoms with Gasteiger partial charge in [-0.05, 0) is 12.1 Å². The van der Waals surface area contributed by atoms with E-state index in [1.807, 2.05) is 0 Å². The highest BCUT2D eigenvalue weighted by molar-refractivity contribution is 5.93. The fraction of sp³-hybridized carbons (Fsp3) is 0.455. The number of carbonyl (C=O) groups is 1. The quantitative estimate of drug-likeness (QED) is 0.903. The molecule has 0 unspecified atom stereocenters. The number of aromatic nitrogens is 1. The van der Waals surface area contributed by atoms with Crippen molar-refractivity contribution in [2.24, 2.45) is 0 Å². The highest BCUT2D eigenvalue weighted by atomic mass is 19.4. The van der Waals surface area contributed by atoms with Crippen molar-refractivity contribution < 1.29 is 18.0 Å². The predicted octanol–water partition coefficient (Wildman–Crippen LogP) is 2.15. The van der Waals surface area contributed by atoms with E-state index in [0.29, 0.717) is 5.82 Å². The minimum Gasteiger partial charge on any atom is -0.373 e. The van der Waals surface area contributed by atoms with E-state index in [2.05, 4.69) is 10.3 Å². The Labute approximate surface area is 103 Å². The number of anilines is 1. The van der Waals surface area contributed by atoms with Gasteiger partial charge in [-0.2, -0.15) is 13.2 Å². The Hall–Kier alpha value is -1.79. The summed E-state index contributed by atoms with van der Waals surface area (Å²) in [7, 11) is 3.01. The Morgan fingerprint density at radius 1 is 1.44 bits per heavy atom. The second-order valence-corrected chi connectivity index (χ2v) is 3.77. The summed E-state index contributed by atoms with van der Waals surface area (Å²) in [6.45, 7) is -0.365. The maximum Gasteiger partial charge on any atom is 0.390 e. The molecule has 1 heterocycles. The topological polar surface area (TPSA) is 45.2 Å². The van der Waals surface area contributed by atoms with E-state index in [-0.39, 0.29) is 12.1 Å². The summed E-state index contributed by atoms with van der Waals surface area (Å²) in [5.41, 5.74) is 0.263. The van der Waals surface area contributed by atoms with Crippen molar-refractivity contribution >= 4 is 11.7 Å². The van der Waals surface area contributed by atoms with Crippen LogP contribution in [0, 0.1) is 0 Å². The van der Waals surface area contributed by atoms with Gasteiger partial charge in [0.05, 0.1) is 12.0 Å². The summed E-state index contributed by atoms with van der Waals surface area (Å²) in [4.78, 5) is 16.7. The molecule has 18 heavy (non-hydrogen) atoms. The van der Waals surface area contributed by atoms with Crippen LogP contribution in [0.1, 0.15) is 16.8 Å². The molecule has 0 saturated heterocycles. The minimum absolute atomic E-state index is 0.263. The first-order chi connectivity index (χ1) is 8.33. The van der Waals surface area contributed by atoms with E-state index < -0.39 is 18.5 Å². The Bertz CT molecular complexity index is 403. The van der Waals surface area contributed by atoms with E-state index in [1.54, 1.807) is 13.1 Å². The summed E-state index contributed by atoms with van der Waals surface area (Å²) >= 11 is 0. The number of nitrogens with zero attached hydrogens (tertiary/aromatic N) is 2.